The van der Waals surface area contributed by atoms with Crippen LogP contribution >= 0.6 is 0 Å². The van der Waals surface area contributed by atoms with E-state index >= 15 is 0 Å². The van der Waals surface area contributed by atoms with Crippen molar-refractivity contribution in [2.45, 2.75) is 11.4 Å². The topological polar surface area (TPSA) is 90.3 Å². The molecule has 7 nitrogen and oxygen atoms in total. The minimum atomic E-state index is -3.65. The van der Waals surface area contributed by atoms with Crippen LogP contribution in [0.4, 0.5) is 0 Å². The standard InChI is InChI=1S/C18H15N3O4S/c22-26(23,16-7-4-14(5-8-16)21-11-2-10-19-21)20-13-15-6-9-18(25-15)17-3-1-12-24-17/h1-12,20H,13H2. The second kappa shape index (κ2) is 6.66. The molecule has 0 saturated heterocycles. The Labute approximate surface area is 149 Å². The summed E-state index contributed by atoms with van der Waals surface area (Å²) in [5.74, 6) is 1.63. The van der Waals surface area contributed by atoms with Crippen molar-refractivity contribution < 1.29 is 17.3 Å². The summed E-state index contributed by atoms with van der Waals surface area (Å²) < 4.78 is 39.9. The lowest BCUT2D eigenvalue weighted by Crippen LogP contribution is -2.23. The third-order valence-corrected chi connectivity index (χ3v) is 5.20. The minimum absolute atomic E-state index is 0.0456. The quantitative estimate of drug-likeness (QED) is 0.564. The van der Waals surface area contributed by atoms with Crippen LogP contribution in [-0.4, -0.2) is 18.2 Å². The van der Waals surface area contributed by atoms with Crippen LogP contribution in [-0.2, 0) is 16.6 Å². The number of aromatic nitrogens is 2. The van der Waals surface area contributed by atoms with Crippen molar-refractivity contribution in [2.24, 2.45) is 0 Å². The summed E-state index contributed by atoms with van der Waals surface area (Å²) >= 11 is 0. The van der Waals surface area contributed by atoms with Crippen molar-refractivity contribution in [1.29, 1.82) is 0 Å². The van der Waals surface area contributed by atoms with Crippen LogP contribution in [0.2, 0.25) is 0 Å². The van der Waals surface area contributed by atoms with Crippen molar-refractivity contribution in [3.8, 4) is 17.2 Å². The highest BCUT2D eigenvalue weighted by atomic mass is 32.2. The first kappa shape index (κ1) is 16.4. The van der Waals surface area contributed by atoms with E-state index in [1.165, 1.54) is 12.1 Å². The van der Waals surface area contributed by atoms with Crippen LogP contribution in [0, 0.1) is 0 Å². The van der Waals surface area contributed by atoms with Crippen LogP contribution in [0.25, 0.3) is 17.2 Å². The van der Waals surface area contributed by atoms with Gasteiger partial charge in [0.05, 0.1) is 23.4 Å². The monoisotopic (exact) mass is 369 g/mol. The first-order valence-corrected chi connectivity index (χ1v) is 9.32. The predicted octanol–water partition coefficient (Wildman–Crippen LogP) is 3.20. The molecule has 4 aromatic rings. The van der Waals surface area contributed by atoms with Crippen LogP contribution in [0.3, 0.4) is 0 Å². The van der Waals surface area contributed by atoms with E-state index in [2.05, 4.69) is 9.82 Å². The lowest BCUT2D eigenvalue weighted by molar-refractivity contribution is 0.485. The molecule has 0 amide bonds. The molecule has 0 atom stereocenters. The molecule has 0 saturated carbocycles. The minimum Gasteiger partial charge on any atom is -0.461 e. The molecule has 1 N–H and O–H groups in total. The van der Waals surface area contributed by atoms with Crippen molar-refractivity contribution >= 4 is 10.0 Å². The number of nitrogens with zero attached hydrogens (tertiary/aromatic N) is 2. The van der Waals surface area contributed by atoms with Gasteiger partial charge in [0.2, 0.25) is 10.0 Å². The van der Waals surface area contributed by atoms with Gasteiger partial charge < -0.3 is 8.83 Å². The van der Waals surface area contributed by atoms with E-state index in [-0.39, 0.29) is 11.4 Å². The lowest BCUT2D eigenvalue weighted by Gasteiger charge is -2.07. The fourth-order valence-corrected chi connectivity index (χ4v) is 3.47. The third kappa shape index (κ3) is 3.32. The van der Waals surface area contributed by atoms with Crippen LogP contribution in [0.15, 0.2) is 87.0 Å². The van der Waals surface area contributed by atoms with E-state index in [0.717, 1.165) is 5.69 Å². The first-order chi connectivity index (χ1) is 12.6. The fraction of sp³-hybridized carbons (Fsp3) is 0.0556. The molecular weight excluding hydrogens is 354 g/mol. The molecule has 0 fully saturated rings. The summed E-state index contributed by atoms with van der Waals surface area (Å²) in [6, 6.07) is 15.2. The van der Waals surface area contributed by atoms with E-state index in [4.69, 9.17) is 8.83 Å². The molecule has 26 heavy (non-hydrogen) atoms. The highest BCUT2D eigenvalue weighted by Crippen LogP contribution is 2.22. The Morgan fingerprint density at radius 1 is 1.00 bits per heavy atom. The maximum atomic E-state index is 12.4. The molecule has 0 aliphatic heterocycles. The molecule has 3 heterocycles. The Kier molecular flexibility index (Phi) is 4.19. The Bertz CT molecular complexity index is 1080. The van der Waals surface area contributed by atoms with Gasteiger partial charge in [0.25, 0.3) is 0 Å². The molecule has 0 aliphatic carbocycles. The van der Waals surface area contributed by atoms with Gasteiger partial charge in [-0.05, 0) is 54.6 Å². The van der Waals surface area contributed by atoms with E-state index in [0.29, 0.717) is 17.3 Å². The van der Waals surface area contributed by atoms with E-state index < -0.39 is 10.0 Å². The van der Waals surface area contributed by atoms with Crippen LogP contribution < -0.4 is 4.72 Å². The summed E-state index contributed by atoms with van der Waals surface area (Å²) in [5, 5.41) is 4.11. The zero-order valence-corrected chi connectivity index (χ0v) is 14.4. The summed E-state index contributed by atoms with van der Waals surface area (Å²) in [6.07, 6.45) is 5.00. The highest BCUT2D eigenvalue weighted by Gasteiger charge is 2.15. The summed E-state index contributed by atoms with van der Waals surface area (Å²) in [5.41, 5.74) is 0.781. The molecular formula is C18H15N3O4S. The smallest absolute Gasteiger partial charge is 0.240 e. The van der Waals surface area contributed by atoms with E-state index in [1.54, 1.807) is 65.8 Å². The Balaban J connectivity index is 1.45. The van der Waals surface area contributed by atoms with Crippen LogP contribution in [0.5, 0.6) is 0 Å². The predicted molar refractivity (Wildman–Crippen MR) is 94.0 cm³/mol. The maximum Gasteiger partial charge on any atom is 0.240 e. The average molecular weight is 369 g/mol. The molecule has 0 unspecified atom stereocenters. The molecule has 0 aliphatic rings. The Hall–Kier alpha value is -3.10. The maximum absolute atomic E-state index is 12.4. The second-order valence-electron chi connectivity index (χ2n) is 5.51. The van der Waals surface area contributed by atoms with Crippen molar-refractivity contribution in [3.63, 3.8) is 0 Å². The van der Waals surface area contributed by atoms with Crippen LogP contribution in [0.1, 0.15) is 5.76 Å². The summed E-state index contributed by atoms with van der Waals surface area (Å²) in [6.45, 7) is 0.0456. The van der Waals surface area contributed by atoms with Crippen molar-refractivity contribution in [1.82, 2.24) is 14.5 Å². The molecule has 8 heteroatoms. The zero-order chi connectivity index (χ0) is 18.0. The van der Waals surface area contributed by atoms with Gasteiger partial charge in [0.15, 0.2) is 11.5 Å². The van der Waals surface area contributed by atoms with Gasteiger partial charge in [0.1, 0.15) is 5.76 Å². The summed E-state index contributed by atoms with van der Waals surface area (Å²) in [4.78, 5) is 0.172. The van der Waals surface area contributed by atoms with Gasteiger partial charge >= 0.3 is 0 Å². The number of sulfonamides is 1. The first-order valence-electron chi connectivity index (χ1n) is 7.84. The molecule has 0 radical (unpaired) electrons. The van der Waals surface area contributed by atoms with Crippen molar-refractivity contribution in [3.05, 3.63) is 79.0 Å². The lowest BCUT2D eigenvalue weighted by atomic mass is 10.3. The van der Waals surface area contributed by atoms with Gasteiger partial charge in [0, 0.05) is 12.4 Å². The van der Waals surface area contributed by atoms with Gasteiger partial charge in [-0.1, -0.05) is 0 Å². The summed E-state index contributed by atoms with van der Waals surface area (Å²) in [7, 11) is -3.65. The second-order valence-corrected chi connectivity index (χ2v) is 7.28. The SMILES string of the molecule is O=S(=O)(NCc1ccc(-c2ccco2)o1)c1ccc(-n2cccn2)cc1. The average Bonchev–Trinajstić information content (AvgIpc) is 3.42. The number of rotatable bonds is 6. The zero-order valence-electron chi connectivity index (χ0n) is 13.6. The molecule has 4 rings (SSSR count). The molecule has 0 spiro atoms. The van der Waals surface area contributed by atoms with E-state index in [9.17, 15) is 8.42 Å². The Morgan fingerprint density at radius 3 is 2.54 bits per heavy atom. The Morgan fingerprint density at radius 2 is 1.85 bits per heavy atom. The fourth-order valence-electron chi connectivity index (χ4n) is 2.47. The number of hydrogen-bond donors (Lipinski definition) is 1. The third-order valence-electron chi connectivity index (χ3n) is 3.78. The van der Waals surface area contributed by atoms with E-state index in [1.807, 2.05) is 0 Å². The highest BCUT2D eigenvalue weighted by molar-refractivity contribution is 7.89. The van der Waals surface area contributed by atoms with Gasteiger partial charge in [-0.15, -0.1) is 0 Å². The normalized spacial score (nSPS) is 11.7. The van der Waals surface area contributed by atoms with Gasteiger partial charge in [-0.25, -0.2) is 17.8 Å². The molecule has 0 bridgehead atoms. The van der Waals surface area contributed by atoms with Crippen molar-refractivity contribution in [2.75, 3.05) is 0 Å². The van der Waals surface area contributed by atoms with Gasteiger partial charge in [-0.3, -0.25) is 0 Å². The molecule has 1 aromatic carbocycles. The number of nitrogens with one attached hydrogen (secondary N) is 1. The molecule has 132 valence electrons. The number of furan rings is 2. The number of benzene rings is 1. The largest absolute Gasteiger partial charge is 0.461 e. The number of hydrogen-bond acceptors (Lipinski definition) is 5. The van der Waals surface area contributed by atoms with Gasteiger partial charge in [-0.2, -0.15) is 5.10 Å². The molecule has 3 aromatic heterocycles.